The molecule has 152 valence electrons. The number of amides is 2. The Bertz CT molecular complexity index is 896. The van der Waals surface area contributed by atoms with Gasteiger partial charge in [-0.3, -0.25) is 9.59 Å². The Morgan fingerprint density at radius 2 is 1.69 bits per heavy atom. The van der Waals surface area contributed by atoms with E-state index in [1.54, 1.807) is 4.90 Å². The highest BCUT2D eigenvalue weighted by molar-refractivity contribution is 8.00. The summed E-state index contributed by atoms with van der Waals surface area (Å²) >= 11 is 1.53. The molecule has 2 aliphatic heterocycles. The number of carbonyl (C=O) groups is 2. The molecule has 1 saturated heterocycles. The predicted molar refractivity (Wildman–Crippen MR) is 116 cm³/mol. The van der Waals surface area contributed by atoms with E-state index in [4.69, 9.17) is 4.74 Å². The number of anilines is 2. The summed E-state index contributed by atoms with van der Waals surface area (Å²) in [6.45, 7) is 5.47. The lowest BCUT2D eigenvalue weighted by Crippen LogP contribution is -2.52. The van der Waals surface area contributed by atoms with Crippen LogP contribution in [-0.2, 0) is 9.59 Å². The number of hydrogen-bond donors (Lipinski definition) is 0. The van der Waals surface area contributed by atoms with Crippen LogP contribution in [0.5, 0.6) is 5.75 Å². The fraction of sp³-hybridized carbons (Fsp3) is 0.364. The molecular formula is C22H25N3O3S. The maximum Gasteiger partial charge on any atom is 0.242 e. The summed E-state index contributed by atoms with van der Waals surface area (Å²) in [6, 6.07) is 15.8. The number of ether oxygens (including phenoxy) is 1. The van der Waals surface area contributed by atoms with E-state index in [0.29, 0.717) is 25.4 Å². The zero-order valence-corrected chi connectivity index (χ0v) is 17.4. The molecule has 1 fully saturated rings. The summed E-state index contributed by atoms with van der Waals surface area (Å²) in [7, 11) is 0. The number of para-hydroxylation sites is 3. The molecule has 0 radical (unpaired) electrons. The lowest BCUT2D eigenvalue weighted by Gasteiger charge is -2.38. The van der Waals surface area contributed by atoms with Crippen LogP contribution in [0.15, 0.2) is 53.4 Å². The van der Waals surface area contributed by atoms with Gasteiger partial charge in [-0.25, -0.2) is 0 Å². The van der Waals surface area contributed by atoms with Gasteiger partial charge in [0.15, 0.2) is 0 Å². The SMILES string of the molecule is CCOc1ccccc1N1CCN(C(=O)CN2C(=O)CSc3ccccc32)CC1. The number of rotatable bonds is 5. The Kier molecular flexibility index (Phi) is 5.94. The highest BCUT2D eigenvalue weighted by atomic mass is 32.2. The van der Waals surface area contributed by atoms with Gasteiger partial charge in [-0.2, -0.15) is 0 Å². The molecule has 0 saturated carbocycles. The lowest BCUT2D eigenvalue weighted by atomic mass is 10.2. The molecule has 2 aromatic rings. The van der Waals surface area contributed by atoms with Crippen molar-refractivity contribution in [3.63, 3.8) is 0 Å². The highest BCUT2D eigenvalue weighted by Gasteiger charge is 2.29. The first-order chi connectivity index (χ1) is 14.2. The van der Waals surface area contributed by atoms with Gasteiger partial charge in [0.2, 0.25) is 11.8 Å². The highest BCUT2D eigenvalue weighted by Crippen LogP contribution is 2.35. The molecule has 29 heavy (non-hydrogen) atoms. The fourth-order valence-corrected chi connectivity index (χ4v) is 4.69. The van der Waals surface area contributed by atoms with Crippen LogP contribution in [0, 0.1) is 0 Å². The molecule has 2 aliphatic rings. The Labute approximate surface area is 175 Å². The monoisotopic (exact) mass is 411 g/mol. The molecule has 0 bridgehead atoms. The summed E-state index contributed by atoms with van der Waals surface area (Å²) in [5.41, 5.74) is 1.91. The van der Waals surface area contributed by atoms with Crippen LogP contribution in [-0.4, -0.2) is 61.8 Å². The van der Waals surface area contributed by atoms with Crippen molar-refractivity contribution in [1.29, 1.82) is 0 Å². The molecule has 7 heteroatoms. The van der Waals surface area contributed by atoms with Crippen LogP contribution < -0.4 is 14.5 Å². The van der Waals surface area contributed by atoms with Gasteiger partial charge in [-0.15, -0.1) is 11.8 Å². The largest absolute Gasteiger partial charge is 0.492 e. The molecule has 2 heterocycles. The van der Waals surface area contributed by atoms with E-state index in [0.717, 1.165) is 35.1 Å². The van der Waals surface area contributed by atoms with E-state index in [9.17, 15) is 9.59 Å². The standard InChI is InChI=1S/C22H25N3O3S/c1-2-28-19-9-5-3-7-17(19)23-11-13-24(14-12-23)21(26)15-25-18-8-4-6-10-20(18)29-16-22(25)27/h3-10H,2,11-16H2,1H3. The van der Waals surface area contributed by atoms with Crippen LogP contribution in [0.1, 0.15) is 6.92 Å². The van der Waals surface area contributed by atoms with Crippen molar-refractivity contribution in [3.8, 4) is 5.75 Å². The molecule has 4 rings (SSSR count). The maximum absolute atomic E-state index is 12.9. The maximum atomic E-state index is 12.9. The van der Waals surface area contributed by atoms with E-state index in [-0.39, 0.29) is 18.4 Å². The van der Waals surface area contributed by atoms with E-state index in [2.05, 4.69) is 11.0 Å². The molecule has 2 amide bonds. The number of fused-ring (bicyclic) bond motifs is 1. The van der Waals surface area contributed by atoms with Gasteiger partial charge in [0.25, 0.3) is 0 Å². The lowest BCUT2D eigenvalue weighted by molar-refractivity contribution is -0.131. The van der Waals surface area contributed by atoms with Crippen LogP contribution >= 0.6 is 11.8 Å². The van der Waals surface area contributed by atoms with Crippen molar-refractivity contribution >= 4 is 35.0 Å². The molecule has 0 spiro atoms. The second kappa shape index (κ2) is 8.78. The summed E-state index contributed by atoms with van der Waals surface area (Å²) in [5, 5.41) is 0. The van der Waals surface area contributed by atoms with Crippen LogP contribution in [0.2, 0.25) is 0 Å². The summed E-state index contributed by atoms with van der Waals surface area (Å²) in [6.07, 6.45) is 0. The second-order valence-corrected chi connectivity index (χ2v) is 8.02. The third-order valence-corrected chi connectivity index (χ3v) is 6.29. The first-order valence-corrected chi connectivity index (χ1v) is 10.9. The molecule has 0 aliphatic carbocycles. The minimum absolute atomic E-state index is 0.00204. The summed E-state index contributed by atoms with van der Waals surface area (Å²) in [4.78, 5) is 32.1. The van der Waals surface area contributed by atoms with Crippen molar-refractivity contribution in [3.05, 3.63) is 48.5 Å². The van der Waals surface area contributed by atoms with Crippen molar-refractivity contribution in [2.45, 2.75) is 11.8 Å². The van der Waals surface area contributed by atoms with Gasteiger partial charge in [-0.1, -0.05) is 24.3 Å². The Hall–Kier alpha value is -2.67. The van der Waals surface area contributed by atoms with E-state index < -0.39 is 0 Å². The Balaban J connectivity index is 1.40. The number of thioether (sulfide) groups is 1. The van der Waals surface area contributed by atoms with Crippen LogP contribution in [0.25, 0.3) is 0 Å². The molecule has 0 N–H and O–H groups in total. The Morgan fingerprint density at radius 1 is 1.00 bits per heavy atom. The van der Waals surface area contributed by atoms with E-state index in [1.165, 1.54) is 11.8 Å². The molecule has 0 aromatic heterocycles. The van der Waals surface area contributed by atoms with E-state index >= 15 is 0 Å². The molecular weight excluding hydrogens is 386 g/mol. The Morgan fingerprint density at radius 3 is 2.45 bits per heavy atom. The first kappa shape index (κ1) is 19.6. The van der Waals surface area contributed by atoms with E-state index in [1.807, 2.05) is 54.3 Å². The number of piperazine rings is 1. The number of benzene rings is 2. The fourth-order valence-electron chi connectivity index (χ4n) is 3.76. The third-order valence-electron chi connectivity index (χ3n) is 5.24. The second-order valence-electron chi connectivity index (χ2n) is 7.00. The summed E-state index contributed by atoms with van der Waals surface area (Å²) < 4.78 is 5.74. The van der Waals surface area contributed by atoms with Crippen molar-refractivity contribution < 1.29 is 14.3 Å². The topological polar surface area (TPSA) is 53.1 Å². The van der Waals surface area contributed by atoms with Gasteiger partial charge in [0.05, 0.1) is 23.7 Å². The average Bonchev–Trinajstić information content (AvgIpc) is 2.76. The normalized spacial score (nSPS) is 16.6. The van der Waals surface area contributed by atoms with Crippen LogP contribution in [0.4, 0.5) is 11.4 Å². The number of carbonyl (C=O) groups excluding carboxylic acids is 2. The van der Waals surface area contributed by atoms with Gasteiger partial charge in [-0.05, 0) is 31.2 Å². The number of nitrogens with zero attached hydrogens (tertiary/aromatic N) is 3. The van der Waals surface area contributed by atoms with Crippen LogP contribution in [0.3, 0.4) is 0 Å². The van der Waals surface area contributed by atoms with Gasteiger partial charge in [0, 0.05) is 31.1 Å². The molecule has 0 unspecified atom stereocenters. The predicted octanol–water partition coefficient (Wildman–Crippen LogP) is 2.87. The van der Waals surface area contributed by atoms with Crippen molar-refractivity contribution in [2.75, 3.05) is 54.9 Å². The zero-order chi connectivity index (χ0) is 20.2. The summed E-state index contributed by atoms with van der Waals surface area (Å²) in [5.74, 6) is 1.25. The van der Waals surface area contributed by atoms with Gasteiger partial charge in [0.1, 0.15) is 12.3 Å². The average molecular weight is 412 g/mol. The minimum Gasteiger partial charge on any atom is -0.492 e. The first-order valence-electron chi connectivity index (χ1n) is 9.94. The van der Waals surface area contributed by atoms with Gasteiger partial charge < -0.3 is 19.4 Å². The molecule has 2 aromatic carbocycles. The number of hydrogen-bond acceptors (Lipinski definition) is 5. The minimum atomic E-state index is -0.00803. The molecule has 0 atom stereocenters. The molecule has 6 nitrogen and oxygen atoms in total. The van der Waals surface area contributed by atoms with Gasteiger partial charge >= 0.3 is 0 Å². The quantitative estimate of drug-likeness (QED) is 0.757. The van der Waals surface area contributed by atoms with Crippen molar-refractivity contribution in [2.24, 2.45) is 0 Å². The van der Waals surface area contributed by atoms with Crippen molar-refractivity contribution in [1.82, 2.24) is 4.90 Å². The smallest absolute Gasteiger partial charge is 0.242 e. The third kappa shape index (κ3) is 4.19. The zero-order valence-electron chi connectivity index (χ0n) is 16.5.